The first-order valence-corrected chi connectivity index (χ1v) is 8.17. The summed E-state index contributed by atoms with van der Waals surface area (Å²) in [6.45, 7) is 7.84. The summed E-state index contributed by atoms with van der Waals surface area (Å²) in [7, 11) is 0. The van der Waals surface area contributed by atoms with Gasteiger partial charge in [-0.25, -0.2) is 0 Å². The average molecular weight is 322 g/mol. The summed E-state index contributed by atoms with van der Waals surface area (Å²) in [5.41, 5.74) is 4.21. The molecule has 0 radical (unpaired) electrons. The lowest BCUT2D eigenvalue weighted by Gasteiger charge is -2.19. The molecule has 0 spiro atoms. The van der Waals surface area contributed by atoms with Crippen molar-refractivity contribution in [1.82, 2.24) is 5.01 Å². The van der Waals surface area contributed by atoms with E-state index in [1.54, 1.807) is 0 Å². The van der Waals surface area contributed by atoms with Crippen molar-refractivity contribution in [3.8, 4) is 0 Å². The molecule has 0 unspecified atom stereocenters. The van der Waals surface area contributed by atoms with Crippen LogP contribution in [0.3, 0.4) is 0 Å². The lowest BCUT2D eigenvalue weighted by Crippen LogP contribution is -2.25. The summed E-state index contributed by atoms with van der Waals surface area (Å²) in [5, 5.41) is 5.78. The molecule has 1 aliphatic heterocycles. The third kappa shape index (κ3) is 3.18. The van der Waals surface area contributed by atoms with Crippen molar-refractivity contribution in [2.45, 2.75) is 39.8 Å². The van der Waals surface area contributed by atoms with Gasteiger partial charge < -0.3 is 4.74 Å². The van der Waals surface area contributed by atoms with Crippen LogP contribution in [-0.2, 0) is 9.53 Å². The first-order chi connectivity index (χ1) is 11.5. The Balaban J connectivity index is 1.89. The van der Waals surface area contributed by atoms with Crippen LogP contribution in [0.1, 0.15) is 55.2 Å². The summed E-state index contributed by atoms with van der Waals surface area (Å²) in [6.07, 6.45) is -0.514. The van der Waals surface area contributed by atoms with Gasteiger partial charge in [-0.1, -0.05) is 55.8 Å². The van der Waals surface area contributed by atoms with Crippen LogP contribution in [-0.4, -0.2) is 16.8 Å². The van der Waals surface area contributed by atoms with Crippen LogP contribution in [0.15, 0.2) is 53.6 Å². The maximum atomic E-state index is 12.0. The number of hydrogen-bond acceptors (Lipinski definition) is 3. The second kappa shape index (κ2) is 6.48. The number of hydrazone groups is 1. The van der Waals surface area contributed by atoms with Gasteiger partial charge in [0, 0.05) is 18.1 Å². The maximum absolute atomic E-state index is 12.0. The fourth-order valence-corrected chi connectivity index (χ4v) is 2.64. The monoisotopic (exact) mass is 322 g/mol. The minimum Gasteiger partial charge on any atom is -0.446 e. The zero-order valence-electron chi connectivity index (χ0n) is 14.5. The average Bonchev–Trinajstić information content (AvgIpc) is 3.01. The summed E-state index contributed by atoms with van der Waals surface area (Å²) < 4.78 is 6.00. The van der Waals surface area contributed by atoms with E-state index in [0.717, 1.165) is 11.1 Å². The van der Waals surface area contributed by atoms with Gasteiger partial charge in [0.15, 0.2) is 0 Å². The van der Waals surface area contributed by atoms with Gasteiger partial charge in [0.2, 0.25) is 18.0 Å². The molecule has 24 heavy (non-hydrogen) atoms. The SMILES string of the molecule is CC(=O)N1N=C(c2ccc(C)cc2)O[C@@H]1c1ccc(C(C)C)cc1. The number of ether oxygens (including phenoxy) is 1. The molecule has 2 aromatic carbocycles. The molecule has 0 aliphatic carbocycles. The predicted octanol–water partition coefficient (Wildman–Crippen LogP) is 4.36. The van der Waals surface area contributed by atoms with Gasteiger partial charge in [0.1, 0.15) is 0 Å². The van der Waals surface area contributed by atoms with Crippen LogP contribution in [0.5, 0.6) is 0 Å². The molecule has 3 rings (SSSR count). The topological polar surface area (TPSA) is 41.9 Å². The molecule has 2 aromatic rings. The number of aryl methyl sites for hydroxylation is 1. The Morgan fingerprint density at radius 1 is 1.08 bits per heavy atom. The number of nitrogens with zero attached hydrogens (tertiary/aromatic N) is 2. The quantitative estimate of drug-likeness (QED) is 0.842. The highest BCUT2D eigenvalue weighted by atomic mass is 16.5. The molecule has 1 atom stereocenters. The Labute approximate surface area is 142 Å². The Morgan fingerprint density at radius 2 is 1.71 bits per heavy atom. The summed E-state index contributed by atoms with van der Waals surface area (Å²) in [5.74, 6) is 0.796. The molecule has 0 fully saturated rings. The second-order valence-electron chi connectivity index (χ2n) is 6.43. The van der Waals surface area contributed by atoms with Gasteiger partial charge in [-0.05, 0) is 30.5 Å². The standard InChI is InChI=1S/C20H22N2O2/c1-13(2)16-9-11-18(12-10-16)20-22(15(4)23)21-19(24-20)17-7-5-14(3)6-8-17/h5-13,20H,1-4H3/t20-/m1/s1. The van der Waals surface area contributed by atoms with Crippen molar-refractivity contribution in [2.75, 3.05) is 0 Å². The maximum Gasteiger partial charge on any atom is 0.243 e. The molecule has 0 aromatic heterocycles. The van der Waals surface area contributed by atoms with E-state index in [-0.39, 0.29) is 5.91 Å². The Kier molecular flexibility index (Phi) is 4.38. The van der Waals surface area contributed by atoms with Gasteiger partial charge in [0.05, 0.1) is 0 Å². The van der Waals surface area contributed by atoms with E-state index in [9.17, 15) is 4.79 Å². The first-order valence-electron chi connectivity index (χ1n) is 8.17. The zero-order valence-corrected chi connectivity index (χ0v) is 14.5. The number of carbonyl (C=O) groups excluding carboxylic acids is 1. The van der Waals surface area contributed by atoms with Crippen molar-refractivity contribution in [3.05, 3.63) is 70.8 Å². The molecule has 0 N–H and O–H groups in total. The first kappa shape index (κ1) is 16.2. The Morgan fingerprint density at radius 3 is 2.25 bits per heavy atom. The van der Waals surface area contributed by atoms with Crippen LogP contribution < -0.4 is 0 Å². The lowest BCUT2D eigenvalue weighted by molar-refractivity contribution is -0.135. The van der Waals surface area contributed by atoms with Crippen LogP contribution in [0.25, 0.3) is 0 Å². The van der Waals surface area contributed by atoms with E-state index < -0.39 is 6.23 Å². The zero-order chi connectivity index (χ0) is 17.3. The lowest BCUT2D eigenvalue weighted by atomic mass is 10.0. The smallest absolute Gasteiger partial charge is 0.243 e. The predicted molar refractivity (Wildman–Crippen MR) is 94.6 cm³/mol. The van der Waals surface area contributed by atoms with Gasteiger partial charge in [-0.15, -0.1) is 5.10 Å². The largest absolute Gasteiger partial charge is 0.446 e. The van der Waals surface area contributed by atoms with E-state index in [1.165, 1.54) is 23.1 Å². The normalized spacial score (nSPS) is 17.0. The van der Waals surface area contributed by atoms with Crippen molar-refractivity contribution >= 4 is 11.8 Å². The van der Waals surface area contributed by atoms with Crippen molar-refractivity contribution in [2.24, 2.45) is 5.10 Å². The van der Waals surface area contributed by atoms with Crippen molar-refractivity contribution in [1.29, 1.82) is 0 Å². The van der Waals surface area contributed by atoms with E-state index in [1.807, 2.05) is 43.3 Å². The summed E-state index contributed by atoms with van der Waals surface area (Å²) in [4.78, 5) is 12.0. The molecule has 124 valence electrons. The molecular weight excluding hydrogens is 300 g/mol. The summed E-state index contributed by atoms with van der Waals surface area (Å²) >= 11 is 0. The Hall–Kier alpha value is -2.62. The van der Waals surface area contributed by atoms with Gasteiger partial charge in [-0.3, -0.25) is 4.79 Å². The highest BCUT2D eigenvalue weighted by molar-refractivity contribution is 5.96. The van der Waals surface area contributed by atoms with Crippen LogP contribution >= 0.6 is 0 Å². The van der Waals surface area contributed by atoms with E-state index in [0.29, 0.717) is 11.8 Å². The minimum absolute atomic E-state index is 0.143. The van der Waals surface area contributed by atoms with Crippen LogP contribution in [0.4, 0.5) is 0 Å². The molecule has 4 heteroatoms. The number of rotatable bonds is 3. The highest BCUT2D eigenvalue weighted by Gasteiger charge is 2.32. The van der Waals surface area contributed by atoms with E-state index in [2.05, 4.69) is 31.1 Å². The molecule has 1 amide bonds. The molecule has 1 aliphatic rings. The molecule has 1 heterocycles. The number of carbonyl (C=O) groups is 1. The molecule has 0 bridgehead atoms. The summed E-state index contributed by atoms with van der Waals surface area (Å²) in [6, 6.07) is 16.1. The van der Waals surface area contributed by atoms with Gasteiger partial charge in [0.25, 0.3) is 0 Å². The fourth-order valence-electron chi connectivity index (χ4n) is 2.64. The third-order valence-corrected chi connectivity index (χ3v) is 4.15. The molecule has 0 saturated heterocycles. The Bertz CT molecular complexity index is 761. The van der Waals surface area contributed by atoms with Crippen molar-refractivity contribution < 1.29 is 9.53 Å². The van der Waals surface area contributed by atoms with Crippen LogP contribution in [0, 0.1) is 6.92 Å². The van der Waals surface area contributed by atoms with Gasteiger partial charge >= 0.3 is 0 Å². The molecular formula is C20H22N2O2. The number of benzene rings is 2. The fraction of sp³-hybridized carbons (Fsp3) is 0.300. The second-order valence-corrected chi connectivity index (χ2v) is 6.43. The van der Waals surface area contributed by atoms with E-state index >= 15 is 0 Å². The van der Waals surface area contributed by atoms with Gasteiger partial charge in [-0.2, -0.15) is 5.01 Å². The number of hydrogen-bond donors (Lipinski definition) is 0. The number of amides is 1. The van der Waals surface area contributed by atoms with E-state index in [4.69, 9.17) is 4.74 Å². The van der Waals surface area contributed by atoms with Crippen molar-refractivity contribution in [3.63, 3.8) is 0 Å². The van der Waals surface area contributed by atoms with Crippen LogP contribution in [0.2, 0.25) is 0 Å². The molecule has 0 saturated carbocycles. The minimum atomic E-state index is -0.514. The highest BCUT2D eigenvalue weighted by Crippen LogP contribution is 2.31. The third-order valence-electron chi connectivity index (χ3n) is 4.15. The molecule has 4 nitrogen and oxygen atoms in total.